The predicted octanol–water partition coefficient (Wildman–Crippen LogP) is 0.820. The largest absolute Gasteiger partial charge is 0.394 e. The third-order valence-corrected chi connectivity index (χ3v) is 3.78. The molecule has 0 spiro atoms. The van der Waals surface area contributed by atoms with Crippen molar-refractivity contribution < 1.29 is 14.7 Å². The Labute approximate surface area is 119 Å². The summed E-state index contributed by atoms with van der Waals surface area (Å²) in [7, 11) is 0. The van der Waals surface area contributed by atoms with Gasteiger partial charge in [-0.15, -0.1) is 0 Å². The van der Waals surface area contributed by atoms with E-state index in [0.29, 0.717) is 10.0 Å². The fourth-order valence-electron chi connectivity index (χ4n) is 1.71. The molecule has 1 aliphatic carbocycles. The van der Waals surface area contributed by atoms with Crippen molar-refractivity contribution in [1.82, 2.24) is 10.6 Å². The summed E-state index contributed by atoms with van der Waals surface area (Å²) < 4.78 is 0.682. The second-order valence-corrected chi connectivity index (χ2v) is 5.50. The first-order valence-electron chi connectivity index (χ1n) is 6.01. The molecule has 2 amide bonds. The number of hydrogen-bond donors (Lipinski definition) is 3. The quantitative estimate of drug-likeness (QED) is 0.749. The van der Waals surface area contributed by atoms with Crippen molar-refractivity contribution >= 4 is 27.7 Å². The van der Waals surface area contributed by atoms with Crippen LogP contribution in [0.4, 0.5) is 0 Å². The lowest BCUT2D eigenvalue weighted by atomic mass is 10.2. The summed E-state index contributed by atoms with van der Waals surface area (Å²) >= 11 is 3.28. The maximum absolute atomic E-state index is 11.9. The van der Waals surface area contributed by atoms with Gasteiger partial charge in [0.05, 0.1) is 24.3 Å². The molecule has 1 saturated carbocycles. The molecule has 3 N–H and O–H groups in total. The number of halogens is 1. The number of aliphatic hydroxyl groups excluding tert-OH is 1. The second kappa shape index (κ2) is 5.71. The SMILES string of the molecule is O=C(CNC(=O)c1ccccc1Br)NC1(CO)CC1. The van der Waals surface area contributed by atoms with Crippen molar-refractivity contribution in [2.24, 2.45) is 0 Å². The minimum Gasteiger partial charge on any atom is -0.394 e. The van der Waals surface area contributed by atoms with Gasteiger partial charge in [0.1, 0.15) is 0 Å². The van der Waals surface area contributed by atoms with Crippen LogP contribution < -0.4 is 10.6 Å². The van der Waals surface area contributed by atoms with Crippen LogP contribution in [-0.2, 0) is 4.79 Å². The van der Waals surface area contributed by atoms with Crippen molar-refractivity contribution in [2.75, 3.05) is 13.2 Å². The Morgan fingerprint density at radius 3 is 2.58 bits per heavy atom. The predicted molar refractivity (Wildman–Crippen MR) is 73.7 cm³/mol. The Kier molecular flexibility index (Phi) is 4.21. The lowest BCUT2D eigenvalue weighted by Gasteiger charge is -2.14. The number of benzene rings is 1. The van der Waals surface area contributed by atoms with Gasteiger partial charge >= 0.3 is 0 Å². The highest BCUT2D eigenvalue weighted by Gasteiger charge is 2.43. The number of carbonyl (C=O) groups is 2. The van der Waals surface area contributed by atoms with Crippen LogP contribution in [0.2, 0.25) is 0 Å². The first-order valence-corrected chi connectivity index (χ1v) is 6.80. The summed E-state index contributed by atoms with van der Waals surface area (Å²) in [5, 5.41) is 14.4. The third kappa shape index (κ3) is 3.54. The van der Waals surface area contributed by atoms with Gasteiger partial charge in [-0.1, -0.05) is 12.1 Å². The number of carbonyl (C=O) groups excluding carboxylic acids is 2. The van der Waals surface area contributed by atoms with Crippen molar-refractivity contribution in [3.63, 3.8) is 0 Å². The molecule has 0 saturated heterocycles. The first kappa shape index (κ1) is 14.0. The summed E-state index contributed by atoms with van der Waals surface area (Å²) in [6.45, 7) is -0.154. The topological polar surface area (TPSA) is 78.4 Å². The van der Waals surface area contributed by atoms with Crippen LogP contribution in [-0.4, -0.2) is 35.6 Å². The van der Waals surface area contributed by atoms with Crippen LogP contribution >= 0.6 is 15.9 Å². The molecule has 0 heterocycles. The minimum atomic E-state index is -0.449. The van der Waals surface area contributed by atoms with Gasteiger partial charge in [-0.2, -0.15) is 0 Å². The van der Waals surface area contributed by atoms with E-state index in [4.69, 9.17) is 5.11 Å². The van der Waals surface area contributed by atoms with E-state index in [9.17, 15) is 9.59 Å². The number of nitrogens with one attached hydrogen (secondary N) is 2. The van der Waals surface area contributed by atoms with Crippen LogP contribution in [0.25, 0.3) is 0 Å². The molecule has 1 aromatic carbocycles. The normalized spacial score (nSPS) is 15.7. The lowest BCUT2D eigenvalue weighted by Crippen LogP contribution is -2.45. The van der Waals surface area contributed by atoms with Crippen molar-refractivity contribution in [2.45, 2.75) is 18.4 Å². The Bertz CT molecular complexity index is 500. The summed E-state index contributed by atoms with van der Waals surface area (Å²) in [4.78, 5) is 23.5. The number of aliphatic hydroxyl groups is 1. The van der Waals surface area contributed by atoms with E-state index >= 15 is 0 Å². The van der Waals surface area contributed by atoms with Gasteiger partial charge in [0, 0.05) is 4.47 Å². The van der Waals surface area contributed by atoms with E-state index in [-0.39, 0.29) is 25.0 Å². The average molecular weight is 327 g/mol. The molecule has 0 radical (unpaired) electrons. The highest BCUT2D eigenvalue weighted by atomic mass is 79.9. The molecule has 1 aliphatic rings. The van der Waals surface area contributed by atoms with Crippen LogP contribution in [0.5, 0.6) is 0 Å². The van der Waals surface area contributed by atoms with Crippen molar-refractivity contribution in [3.8, 4) is 0 Å². The van der Waals surface area contributed by atoms with Gasteiger partial charge in [-0.3, -0.25) is 9.59 Å². The zero-order chi connectivity index (χ0) is 13.9. The van der Waals surface area contributed by atoms with Gasteiger partial charge in [-0.05, 0) is 40.9 Å². The van der Waals surface area contributed by atoms with Gasteiger partial charge in [0.15, 0.2) is 0 Å². The molecular formula is C13H15BrN2O3. The van der Waals surface area contributed by atoms with Crippen LogP contribution in [0.15, 0.2) is 28.7 Å². The van der Waals surface area contributed by atoms with Crippen molar-refractivity contribution in [1.29, 1.82) is 0 Å². The van der Waals surface area contributed by atoms with Gasteiger partial charge < -0.3 is 15.7 Å². The highest BCUT2D eigenvalue weighted by Crippen LogP contribution is 2.34. The molecule has 1 fully saturated rings. The van der Waals surface area contributed by atoms with Crippen molar-refractivity contribution in [3.05, 3.63) is 34.3 Å². The fourth-order valence-corrected chi connectivity index (χ4v) is 2.18. The lowest BCUT2D eigenvalue weighted by molar-refractivity contribution is -0.121. The zero-order valence-electron chi connectivity index (χ0n) is 10.3. The molecule has 2 rings (SSSR count). The van der Waals surface area contributed by atoms with E-state index < -0.39 is 5.54 Å². The summed E-state index contributed by atoms with van der Waals surface area (Å²) in [5.74, 6) is -0.594. The van der Waals surface area contributed by atoms with Gasteiger partial charge in [0.2, 0.25) is 5.91 Å². The maximum atomic E-state index is 11.9. The molecule has 6 heteroatoms. The first-order chi connectivity index (χ1) is 9.06. The molecular weight excluding hydrogens is 312 g/mol. The molecule has 0 bridgehead atoms. The molecule has 0 aromatic heterocycles. The smallest absolute Gasteiger partial charge is 0.252 e. The van der Waals surface area contributed by atoms with E-state index in [1.54, 1.807) is 18.2 Å². The molecule has 0 unspecified atom stereocenters. The molecule has 19 heavy (non-hydrogen) atoms. The number of amides is 2. The number of hydrogen-bond acceptors (Lipinski definition) is 3. The monoisotopic (exact) mass is 326 g/mol. The summed E-state index contributed by atoms with van der Waals surface area (Å²) in [5.41, 5.74) is 0.0355. The standard InChI is InChI=1S/C13H15BrN2O3/c14-10-4-2-1-3-9(10)12(19)15-7-11(18)16-13(8-17)5-6-13/h1-4,17H,5-8H2,(H,15,19)(H,16,18). The van der Waals surface area contributed by atoms with E-state index in [2.05, 4.69) is 26.6 Å². The van der Waals surface area contributed by atoms with Crippen LogP contribution in [0, 0.1) is 0 Å². The second-order valence-electron chi connectivity index (χ2n) is 4.65. The molecule has 1 aromatic rings. The Hall–Kier alpha value is -1.40. The zero-order valence-corrected chi connectivity index (χ0v) is 11.9. The molecule has 0 atom stereocenters. The van der Waals surface area contributed by atoms with E-state index in [0.717, 1.165) is 12.8 Å². The number of rotatable bonds is 5. The maximum Gasteiger partial charge on any atom is 0.252 e. The summed E-state index contributed by atoms with van der Waals surface area (Å²) in [6.07, 6.45) is 1.57. The van der Waals surface area contributed by atoms with E-state index in [1.165, 1.54) is 0 Å². The Balaban J connectivity index is 1.84. The minimum absolute atomic E-state index is 0.0586. The van der Waals surface area contributed by atoms with E-state index in [1.807, 2.05) is 6.07 Å². The van der Waals surface area contributed by atoms with Crippen LogP contribution in [0.3, 0.4) is 0 Å². The highest BCUT2D eigenvalue weighted by molar-refractivity contribution is 9.10. The van der Waals surface area contributed by atoms with Crippen LogP contribution in [0.1, 0.15) is 23.2 Å². The van der Waals surface area contributed by atoms with Gasteiger partial charge in [0.25, 0.3) is 5.91 Å². The Morgan fingerprint density at radius 2 is 2.00 bits per heavy atom. The third-order valence-electron chi connectivity index (χ3n) is 3.09. The molecule has 102 valence electrons. The average Bonchev–Trinajstić information content (AvgIpc) is 3.17. The fraction of sp³-hybridized carbons (Fsp3) is 0.385. The summed E-state index contributed by atoms with van der Waals surface area (Å²) in [6, 6.07) is 7.00. The van der Waals surface area contributed by atoms with Gasteiger partial charge in [-0.25, -0.2) is 0 Å². The molecule has 5 nitrogen and oxygen atoms in total. The molecule has 0 aliphatic heterocycles. The Morgan fingerprint density at radius 1 is 1.32 bits per heavy atom.